The molecule has 166 valence electrons. The maximum absolute atomic E-state index is 3.13. The summed E-state index contributed by atoms with van der Waals surface area (Å²) in [5, 5.41) is 2.82. The summed E-state index contributed by atoms with van der Waals surface area (Å²) >= 11 is 3.91. The van der Waals surface area contributed by atoms with Crippen molar-refractivity contribution in [2.24, 2.45) is 0 Å². The summed E-state index contributed by atoms with van der Waals surface area (Å²) in [7, 11) is 0. The zero-order chi connectivity index (χ0) is 22.6. The first-order chi connectivity index (χ1) is 16.3. The molecule has 0 nitrogen and oxygen atoms in total. The molecule has 0 fully saturated rings. The summed E-state index contributed by atoms with van der Waals surface area (Å²) in [5.41, 5.74) is 5.09. The number of hydrogen-bond acceptors (Lipinski definition) is 2. The molecule has 0 unspecified atom stereocenters. The fraction of sp³-hybridized carbons (Fsp3) is 0.290. The summed E-state index contributed by atoms with van der Waals surface area (Å²) in [5.74, 6) is 6.09. The van der Waals surface area contributed by atoms with Crippen LogP contribution in [0.4, 0.5) is 0 Å². The van der Waals surface area contributed by atoms with Crippen LogP contribution in [0, 0.1) is 11.8 Å². The van der Waals surface area contributed by atoms with Gasteiger partial charge in [-0.2, -0.15) is 0 Å². The predicted molar refractivity (Wildman–Crippen MR) is 150 cm³/mol. The molecular weight excluding hydrogens is 436 g/mol. The zero-order valence-electron chi connectivity index (χ0n) is 19.5. The largest absolute Gasteiger partial charge is 0.134 e. The van der Waals surface area contributed by atoms with E-state index in [0.29, 0.717) is 0 Å². The number of thiophene rings is 2. The van der Waals surface area contributed by atoms with Crippen molar-refractivity contribution in [3.63, 3.8) is 0 Å². The Labute approximate surface area is 205 Å². The first-order valence-electron chi connectivity index (χ1n) is 12.2. The minimum absolute atomic E-state index is 1.07. The van der Waals surface area contributed by atoms with Crippen LogP contribution in [0.15, 0.2) is 60.7 Å². The molecule has 0 spiro atoms. The number of unbranched alkanes of at least 4 members (excludes halogenated alkanes) is 5. The van der Waals surface area contributed by atoms with E-state index in [1.807, 2.05) is 29.6 Å². The third-order valence-corrected chi connectivity index (χ3v) is 8.95. The van der Waals surface area contributed by atoms with Gasteiger partial charge in [0.2, 0.25) is 0 Å². The van der Waals surface area contributed by atoms with Crippen molar-refractivity contribution in [1.82, 2.24) is 0 Å². The Balaban J connectivity index is 1.39. The molecule has 0 aliphatic carbocycles. The number of rotatable bonds is 8. The van der Waals surface area contributed by atoms with Gasteiger partial charge >= 0.3 is 0 Å². The lowest BCUT2D eigenvalue weighted by Gasteiger charge is -2.03. The van der Waals surface area contributed by atoms with Crippen LogP contribution in [0.5, 0.6) is 0 Å². The first-order valence-corrected chi connectivity index (χ1v) is 13.8. The van der Waals surface area contributed by atoms with E-state index in [1.54, 1.807) is 0 Å². The van der Waals surface area contributed by atoms with Crippen LogP contribution in [-0.2, 0) is 6.42 Å². The van der Waals surface area contributed by atoms with E-state index in [0.717, 1.165) is 5.56 Å². The van der Waals surface area contributed by atoms with Crippen molar-refractivity contribution >= 4 is 52.2 Å². The molecule has 0 radical (unpaired) electrons. The molecular formula is C31H30S2. The van der Waals surface area contributed by atoms with Crippen LogP contribution >= 0.6 is 22.7 Å². The van der Waals surface area contributed by atoms with Crippen molar-refractivity contribution in [1.29, 1.82) is 0 Å². The van der Waals surface area contributed by atoms with Crippen molar-refractivity contribution in [3.05, 3.63) is 71.8 Å². The van der Waals surface area contributed by atoms with Gasteiger partial charge in [0.1, 0.15) is 0 Å². The molecule has 0 amide bonds. The van der Waals surface area contributed by atoms with Gasteiger partial charge in [-0.25, -0.2) is 0 Å². The Bertz CT molecular complexity index is 1450. The predicted octanol–water partition coefficient (Wildman–Crippen LogP) is 10.2. The summed E-state index contributed by atoms with van der Waals surface area (Å²) in [6.45, 7) is 4.16. The fourth-order valence-corrected chi connectivity index (χ4v) is 7.39. The highest BCUT2D eigenvalue weighted by Gasteiger charge is 2.13. The van der Waals surface area contributed by atoms with Gasteiger partial charge in [0.15, 0.2) is 0 Å². The third-order valence-electron chi connectivity index (χ3n) is 6.45. The second-order valence-electron chi connectivity index (χ2n) is 8.87. The van der Waals surface area contributed by atoms with Gasteiger partial charge in [-0.15, -0.1) is 28.6 Å². The van der Waals surface area contributed by atoms with Gasteiger partial charge < -0.3 is 0 Å². The summed E-state index contributed by atoms with van der Waals surface area (Å²) in [4.78, 5) is 0. The van der Waals surface area contributed by atoms with E-state index in [2.05, 4.69) is 79.4 Å². The zero-order valence-corrected chi connectivity index (χ0v) is 21.2. The molecule has 33 heavy (non-hydrogen) atoms. The highest BCUT2D eigenvalue weighted by atomic mass is 32.1. The van der Waals surface area contributed by atoms with Gasteiger partial charge in [0, 0.05) is 25.7 Å². The standard InChI is InChI=1S/C31H30S2/c1-3-5-6-7-8-9-11-23-14-18-26-28(20-23)32-31-27-19-17-25(21-29(27)33-30(26)31)24-15-12-22(10-4-2)13-16-24/h12-21H,3,5-9,11H2,1-2H3. The summed E-state index contributed by atoms with van der Waals surface area (Å²) < 4.78 is 5.71. The molecule has 5 rings (SSSR count). The molecule has 2 aromatic heterocycles. The number of fused-ring (bicyclic) bond motifs is 5. The average molecular weight is 467 g/mol. The molecule has 5 aromatic rings. The normalized spacial score (nSPS) is 11.3. The Morgan fingerprint density at radius 2 is 1.30 bits per heavy atom. The van der Waals surface area contributed by atoms with E-state index in [-0.39, 0.29) is 0 Å². The number of aryl methyl sites for hydroxylation is 1. The van der Waals surface area contributed by atoms with Crippen LogP contribution in [0.25, 0.3) is 40.7 Å². The van der Waals surface area contributed by atoms with Crippen LogP contribution in [-0.4, -0.2) is 0 Å². The maximum Gasteiger partial charge on any atom is 0.0542 e. The maximum atomic E-state index is 3.13. The molecule has 3 aromatic carbocycles. The van der Waals surface area contributed by atoms with Crippen molar-refractivity contribution in [2.45, 2.75) is 58.8 Å². The molecule has 0 aliphatic heterocycles. The minimum Gasteiger partial charge on any atom is -0.134 e. The lowest BCUT2D eigenvalue weighted by Crippen LogP contribution is -1.85. The summed E-state index contributed by atoms with van der Waals surface area (Å²) in [6, 6.07) is 22.7. The Kier molecular flexibility index (Phi) is 6.81. The third kappa shape index (κ3) is 4.72. The SMILES string of the molecule is CC#Cc1ccc(-c2ccc3c(c2)sc2c4ccc(CCCCCCCC)cc4sc32)cc1. The average Bonchev–Trinajstić information content (AvgIpc) is 3.37. The van der Waals surface area contributed by atoms with Crippen LogP contribution in [0.3, 0.4) is 0 Å². The second-order valence-corrected chi connectivity index (χ2v) is 11.0. The molecule has 0 saturated carbocycles. The molecule has 0 aliphatic rings. The van der Waals surface area contributed by atoms with Gasteiger partial charge in [0.05, 0.1) is 9.40 Å². The Morgan fingerprint density at radius 1 is 0.667 bits per heavy atom. The molecule has 2 heteroatoms. The molecule has 0 atom stereocenters. The molecule has 2 heterocycles. The van der Waals surface area contributed by atoms with E-state index in [1.165, 1.54) is 91.2 Å². The Morgan fingerprint density at radius 3 is 2.03 bits per heavy atom. The van der Waals surface area contributed by atoms with Gasteiger partial charge in [-0.1, -0.05) is 81.3 Å². The lowest BCUT2D eigenvalue weighted by atomic mass is 10.0. The van der Waals surface area contributed by atoms with Gasteiger partial charge in [-0.05, 0) is 60.7 Å². The van der Waals surface area contributed by atoms with Gasteiger partial charge in [0.25, 0.3) is 0 Å². The molecule has 0 bridgehead atoms. The van der Waals surface area contributed by atoms with E-state index in [9.17, 15) is 0 Å². The van der Waals surface area contributed by atoms with E-state index < -0.39 is 0 Å². The highest BCUT2D eigenvalue weighted by Crippen LogP contribution is 2.45. The van der Waals surface area contributed by atoms with Crippen LogP contribution in [0.1, 0.15) is 63.5 Å². The van der Waals surface area contributed by atoms with Crippen molar-refractivity contribution in [3.8, 4) is 23.0 Å². The summed E-state index contributed by atoms with van der Waals surface area (Å²) in [6.07, 6.45) is 9.37. The number of benzene rings is 3. The Hall–Kier alpha value is -2.60. The van der Waals surface area contributed by atoms with Gasteiger partial charge in [-0.3, -0.25) is 0 Å². The smallest absolute Gasteiger partial charge is 0.0542 e. The van der Waals surface area contributed by atoms with E-state index >= 15 is 0 Å². The fourth-order valence-electron chi connectivity index (χ4n) is 4.64. The first kappa shape index (κ1) is 22.2. The highest BCUT2D eigenvalue weighted by molar-refractivity contribution is 7.36. The topological polar surface area (TPSA) is 0 Å². The quantitative estimate of drug-likeness (QED) is 0.158. The number of hydrogen-bond donors (Lipinski definition) is 0. The monoisotopic (exact) mass is 466 g/mol. The second kappa shape index (κ2) is 10.1. The lowest BCUT2D eigenvalue weighted by molar-refractivity contribution is 0.607. The van der Waals surface area contributed by atoms with Crippen LogP contribution in [0.2, 0.25) is 0 Å². The van der Waals surface area contributed by atoms with Crippen LogP contribution < -0.4 is 0 Å². The molecule has 0 saturated heterocycles. The van der Waals surface area contributed by atoms with E-state index in [4.69, 9.17) is 0 Å². The van der Waals surface area contributed by atoms with Crippen molar-refractivity contribution < 1.29 is 0 Å². The minimum atomic E-state index is 1.07. The van der Waals surface area contributed by atoms with Crippen molar-refractivity contribution in [2.75, 3.05) is 0 Å². The molecule has 0 N–H and O–H groups in total.